The van der Waals surface area contributed by atoms with E-state index in [1.54, 1.807) is 6.92 Å². The SMILES string of the molecule is C=C(C)C(=O)C(Cl)CC=CC(=O)Cl. The summed E-state index contributed by atoms with van der Waals surface area (Å²) >= 11 is 10.7. The van der Waals surface area contributed by atoms with Gasteiger partial charge in [0.25, 0.3) is 0 Å². The van der Waals surface area contributed by atoms with Crippen LogP contribution in [0, 0.1) is 0 Å². The van der Waals surface area contributed by atoms with Crippen LogP contribution in [0.4, 0.5) is 0 Å². The van der Waals surface area contributed by atoms with E-state index in [0.29, 0.717) is 5.57 Å². The second-order valence-corrected chi connectivity index (χ2v) is 3.45. The molecule has 2 nitrogen and oxygen atoms in total. The van der Waals surface area contributed by atoms with Crippen molar-refractivity contribution < 1.29 is 9.59 Å². The maximum Gasteiger partial charge on any atom is 0.244 e. The van der Waals surface area contributed by atoms with Gasteiger partial charge in [0.15, 0.2) is 5.78 Å². The van der Waals surface area contributed by atoms with E-state index in [0.717, 1.165) is 0 Å². The highest BCUT2D eigenvalue weighted by Gasteiger charge is 2.13. The number of rotatable bonds is 5. The number of hydrogen-bond acceptors (Lipinski definition) is 2. The van der Waals surface area contributed by atoms with Gasteiger partial charge in [-0.15, -0.1) is 11.6 Å². The lowest BCUT2D eigenvalue weighted by Gasteiger charge is -2.03. The molecule has 13 heavy (non-hydrogen) atoms. The van der Waals surface area contributed by atoms with E-state index in [-0.39, 0.29) is 12.2 Å². The maximum atomic E-state index is 11.1. The minimum atomic E-state index is -0.662. The fourth-order valence-corrected chi connectivity index (χ4v) is 1.03. The average Bonchev–Trinajstić information content (AvgIpc) is 2.02. The molecule has 0 fully saturated rings. The Bertz CT molecular complexity index is 256. The number of ketones is 1. The number of hydrogen-bond donors (Lipinski definition) is 0. The minimum Gasteiger partial charge on any atom is -0.293 e. The normalized spacial score (nSPS) is 12.8. The number of carbonyl (C=O) groups is 2. The van der Waals surface area contributed by atoms with Gasteiger partial charge >= 0.3 is 0 Å². The van der Waals surface area contributed by atoms with Crippen molar-refractivity contribution in [1.82, 2.24) is 0 Å². The molecular weight excluding hydrogens is 211 g/mol. The van der Waals surface area contributed by atoms with Gasteiger partial charge in [-0.3, -0.25) is 9.59 Å². The first-order valence-corrected chi connectivity index (χ1v) is 4.46. The van der Waals surface area contributed by atoms with Gasteiger partial charge in [-0.05, 0) is 36.6 Å². The van der Waals surface area contributed by atoms with Gasteiger partial charge in [-0.25, -0.2) is 0 Å². The summed E-state index contributed by atoms with van der Waals surface area (Å²) < 4.78 is 0. The van der Waals surface area contributed by atoms with Gasteiger partial charge in [0.1, 0.15) is 0 Å². The maximum absolute atomic E-state index is 11.1. The van der Waals surface area contributed by atoms with E-state index >= 15 is 0 Å². The number of halogens is 2. The molecular formula is C9H10Cl2O2. The van der Waals surface area contributed by atoms with Crippen molar-refractivity contribution in [2.45, 2.75) is 18.7 Å². The molecule has 0 aliphatic rings. The first-order chi connectivity index (χ1) is 5.95. The molecule has 0 aromatic carbocycles. The zero-order valence-electron chi connectivity index (χ0n) is 7.22. The summed E-state index contributed by atoms with van der Waals surface area (Å²) in [5, 5.41) is -1.24. The highest BCUT2D eigenvalue weighted by Crippen LogP contribution is 2.09. The second-order valence-electron chi connectivity index (χ2n) is 2.55. The van der Waals surface area contributed by atoms with Crippen molar-refractivity contribution in [3.8, 4) is 0 Å². The summed E-state index contributed by atoms with van der Waals surface area (Å²) in [6.45, 7) is 5.06. The molecule has 0 rings (SSSR count). The van der Waals surface area contributed by atoms with E-state index in [1.165, 1.54) is 12.2 Å². The summed E-state index contributed by atoms with van der Waals surface area (Å²) in [6, 6.07) is 0. The third-order valence-corrected chi connectivity index (χ3v) is 1.80. The largest absolute Gasteiger partial charge is 0.293 e. The highest BCUT2D eigenvalue weighted by atomic mass is 35.5. The third-order valence-electron chi connectivity index (χ3n) is 1.30. The number of carbonyl (C=O) groups excluding carboxylic acids is 2. The van der Waals surface area contributed by atoms with Gasteiger partial charge in [-0.1, -0.05) is 12.7 Å². The molecule has 0 bridgehead atoms. The Morgan fingerprint density at radius 2 is 2.08 bits per heavy atom. The van der Waals surface area contributed by atoms with Crippen molar-refractivity contribution in [1.29, 1.82) is 0 Å². The topological polar surface area (TPSA) is 34.1 Å². The van der Waals surface area contributed by atoms with Crippen LogP contribution in [0.25, 0.3) is 0 Å². The first kappa shape index (κ1) is 12.4. The molecule has 0 saturated heterocycles. The highest BCUT2D eigenvalue weighted by molar-refractivity contribution is 6.66. The number of Topliss-reactive ketones (excluding diaryl/α,β-unsaturated/α-hetero) is 1. The van der Waals surface area contributed by atoms with E-state index in [9.17, 15) is 9.59 Å². The molecule has 0 amide bonds. The Kier molecular flexibility index (Phi) is 5.67. The molecule has 1 unspecified atom stereocenters. The lowest BCUT2D eigenvalue weighted by Crippen LogP contribution is -2.13. The molecule has 0 N–H and O–H groups in total. The zero-order chi connectivity index (χ0) is 10.4. The Morgan fingerprint density at radius 3 is 2.46 bits per heavy atom. The van der Waals surface area contributed by atoms with Crippen LogP contribution >= 0.6 is 23.2 Å². The Hall–Kier alpha value is -0.600. The summed E-state index contributed by atoms with van der Waals surface area (Å²) in [5.74, 6) is -0.215. The molecule has 0 aliphatic heterocycles. The van der Waals surface area contributed by atoms with Gasteiger partial charge in [-0.2, -0.15) is 0 Å². The van der Waals surface area contributed by atoms with Crippen LogP contribution in [0.2, 0.25) is 0 Å². The zero-order valence-corrected chi connectivity index (χ0v) is 8.73. The molecule has 0 saturated carbocycles. The van der Waals surface area contributed by atoms with E-state index in [1.807, 2.05) is 0 Å². The summed E-state index contributed by atoms with van der Waals surface area (Å²) in [7, 11) is 0. The molecule has 0 radical (unpaired) electrons. The Morgan fingerprint density at radius 1 is 1.54 bits per heavy atom. The second kappa shape index (κ2) is 5.95. The van der Waals surface area contributed by atoms with Crippen LogP contribution in [-0.2, 0) is 9.59 Å². The van der Waals surface area contributed by atoms with Crippen LogP contribution in [0.1, 0.15) is 13.3 Å². The fraction of sp³-hybridized carbons (Fsp3) is 0.333. The van der Waals surface area contributed by atoms with Gasteiger partial charge in [0, 0.05) is 0 Å². The van der Waals surface area contributed by atoms with Gasteiger partial charge < -0.3 is 0 Å². The van der Waals surface area contributed by atoms with Crippen LogP contribution in [0.15, 0.2) is 24.3 Å². The molecule has 0 spiro atoms. The number of alkyl halides is 1. The lowest BCUT2D eigenvalue weighted by atomic mass is 10.1. The third kappa shape index (κ3) is 5.61. The monoisotopic (exact) mass is 220 g/mol. The molecule has 0 aliphatic carbocycles. The minimum absolute atomic E-state index is 0.215. The molecule has 0 aromatic rings. The summed E-state index contributed by atoms with van der Waals surface area (Å²) in [5.41, 5.74) is 0.408. The molecule has 72 valence electrons. The van der Waals surface area contributed by atoms with Crippen molar-refractivity contribution in [2.75, 3.05) is 0 Å². The standard InChI is InChI=1S/C9H10Cl2O2/c1-6(2)9(13)7(10)4-3-5-8(11)12/h3,5,7H,1,4H2,2H3. The van der Waals surface area contributed by atoms with Crippen molar-refractivity contribution >= 4 is 34.2 Å². The smallest absolute Gasteiger partial charge is 0.244 e. The van der Waals surface area contributed by atoms with Crippen LogP contribution in [0.3, 0.4) is 0 Å². The van der Waals surface area contributed by atoms with Crippen LogP contribution in [-0.4, -0.2) is 16.4 Å². The van der Waals surface area contributed by atoms with Crippen molar-refractivity contribution in [2.24, 2.45) is 0 Å². The van der Waals surface area contributed by atoms with Crippen molar-refractivity contribution in [3.63, 3.8) is 0 Å². The summed E-state index contributed by atoms with van der Waals surface area (Å²) in [6.07, 6.45) is 2.92. The average molecular weight is 221 g/mol. The van der Waals surface area contributed by atoms with E-state index in [2.05, 4.69) is 6.58 Å². The van der Waals surface area contributed by atoms with Gasteiger partial charge in [0.2, 0.25) is 5.24 Å². The van der Waals surface area contributed by atoms with Crippen molar-refractivity contribution in [3.05, 3.63) is 24.3 Å². The van der Waals surface area contributed by atoms with Crippen LogP contribution in [0.5, 0.6) is 0 Å². The molecule has 4 heteroatoms. The lowest BCUT2D eigenvalue weighted by molar-refractivity contribution is -0.115. The van der Waals surface area contributed by atoms with Crippen LogP contribution < -0.4 is 0 Å². The molecule has 0 aromatic heterocycles. The fourth-order valence-electron chi connectivity index (χ4n) is 0.655. The Balaban J connectivity index is 4.01. The van der Waals surface area contributed by atoms with E-state index in [4.69, 9.17) is 23.2 Å². The Labute approximate surface area is 87.2 Å². The predicted octanol–water partition coefficient (Wildman–Crippen LogP) is 2.45. The molecule has 1 atom stereocenters. The predicted molar refractivity (Wildman–Crippen MR) is 54.1 cm³/mol. The van der Waals surface area contributed by atoms with Gasteiger partial charge in [0.05, 0.1) is 5.38 Å². The quantitative estimate of drug-likeness (QED) is 0.406. The molecule has 0 heterocycles. The number of allylic oxidation sites excluding steroid dienone is 3. The summed E-state index contributed by atoms with van der Waals surface area (Å²) in [4.78, 5) is 21.4. The first-order valence-electron chi connectivity index (χ1n) is 3.65. The van der Waals surface area contributed by atoms with E-state index < -0.39 is 10.6 Å².